The fraction of sp³-hybridized carbons (Fsp3) is 0.231. The van der Waals surface area contributed by atoms with Crippen LogP contribution in [0.1, 0.15) is 11.5 Å². The first-order valence-electron chi connectivity index (χ1n) is 5.98. The maximum Gasteiger partial charge on any atom is 0.225 e. The Bertz CT molecular complexity index is 704. The third-order valence-electron chi connectivity index (χ3n) is 2.77. The predicted molar refractivity (Wildman–Crippen MR) is 77.7 cm³/mol. The third kappa shape index (κ3) is 2.39. The summed E-state index contributed by atoms with van der Waals surface area (Å²) in [5, 5.41) is 9.32. The number of anilines is 2. The van der Waals surface area contributed by atoms with Crippen LogP contribution in [0.4, 0.5) is 11.8 Å². The molecule has 2 N–H and O–H groups in total. The Hall–Kier alpha value is -2.08. The first-order chi connectivity index (χ1) is 9.26. The van der Waals surface area contributed by atoms with Crippen LogP contribution in [0.15, 0.2) is 28.0 Å². The van der Waals surface area contributed by atoms with Crippen LogP contribution in [0.5, 0.6) is 0 Å². The van der Waals surface area contributed by atoms with Crippen LogP contribution in [0.3, 0.4) is 0 Å². The van der Waals surface area contributed by atoms with Crippen LogP contribution in [-0.4, -0.2) is 17.0 Å². The van der Waals surface area contributed by atoms with Gasteiger partial charge in [0.15, 0.2) is 0 Å². The second-order valence-corrected chi connectivity index (χ2v) is 5.05. The number of aromatic nitrogens is 2. The molecule has 19 heavy (non-hydrogen) atoms. The minimum absolute atomic E-state index is 0.610. The lowest BCUT2D eigenvalue weighted by Gasteiger charge is -2.07. The Morgan fingerprint density at radius 3 is 2.89 bits per heavy atom. The van der Waals surface area contributed by atoms with Gasteiger partial charge in [0.1, 0.15) is 22.2 Å². The molecule has 6 heteroatoms. The van der Waals surface area contributed by atoms with Crippen LogP contribution in [0.2, 0.25) is 0 Å². The highest BCUT2D eigenvalue weighted by molar-refractivity contribution is 7.16. The van der Waals surface area contributed by atoms with Crippen molar-refractivity contribution in [1.82, 2.24) is 9.97 Å². The van der Waals surface area contributed by atoms with Crippen molar-refractivity contribution in [3.63, 3.8) is 0 Å². The van der Waals surface area contributed by atoms with Gasteiger partial charge in [-0.05, 0) is 30.5 Å². The molecule has 3 aromatic rings. The number of hydrogen-bond donors (Lipinski definition) is 2. The Kier molecular flexibility index (Phi) is 3.08. The van der Waals surface area contributed by atoms with Gasteiger partial charge in [-0.25, -0.2) is 4.98 Å². The van der Waals surface area contributed by atoms with E-state index in [2.05, 4.69) is 20.6 Å². The van der Waals surface area contributed by atoms with E-state index in [9.17, 15) is 0 Å². The molecule has 0 aliphatic carbocycles. The van der Waals surface area contributed by atoms with Crippen molar-refractivity contribution >= 4 is 33.3 Å². The highest BCUT2D eigenvalue weighted by Crippen LogP contribution is 2.26. The van der Waals surface area contributed by atoms with Gasteiger partial charge in [-0.3, -0.25) is 0 Å². The van der Waals surface area contributed by atoms with Crippen LogP contribution in [0, 0.1) is 6.92 Å². The van der Waals surface area contributed by atoms with E-state index < -0.39 is 0 Å². The van der Waals surface area contributed by atoms with Gasteiger partial charge in [-0.2, -0.15) is 4.98 Å². The number of nitrogens with zero attached hydrogens (tertiary/aromatic N) is 2. The molecule has 3 aromatic heterocycles. The lowest BCUT2D eigenvalue weighted by atomic mass is 10.3. The van der Waals surface area contributed by atoms with Crippen molar-refractivity contribution in [2.45, 2.75) is 13.5 Å². The van der Waals surface area contributed by atoms with Crippen LogP contribution >= 0.6 is 11.3 Å². The summed E-state index contributed by atoms with van der Waals surface area (Å²) in [5.74, 6) is 3.25. The van der Waals surface area contributed by atoms with Gasteiger partial charge in [-0.1, -0.05) is 0 Å². The van der Waals surface area contributed by atoms with Gasteiger partial charge in [0.25, 0.3) is 0 Å². The molecule has 98 valence electrons. The molecule has 0 aromatic carbocycles. The van der Waals surface area contributed by atoms with Crippen molar-refractivity contribution in [3.8, 4) is 0 Å². The van der Waals surface area contributed by atoms with Gasteiger partial charge < -0.3 is 15.1 Å². The molecule has 0 bridgehead atoms. The number of hydrogen-bond acceptors (Lipinski definition) is 6. The Balaban J connectivity index is 1.88. The summed E-state index contributed by atoms with van der Waals surface area (Å²) in [6.07, 6.45) is 0. The van der Waals surface area contributed by atoms with Gasteiger partial charge >= 0.3 is 0 Å². The second kappa shape index (κ2) is 4.89. The summed E-state index contributed by atoms with van der Waals surface area (Å²) in [5.41, 5.74) is 0. The number of thiophene rings is 1. The first-order valence-corrected chi connectivity index (χ1v) is 6.86. The summed E-state index contributed by atoms with van der Waals surface area (Å²) < 4.78 is 5.54. The number of fused-ring (bicyclic) bond motifs is 1. The molecule has 0 aliphatic heterocycles. The Morgan fingerprint density at radius 2 is 2.16 bits per heavy atom. The van der Waals surface area contributed by atoms with Crippen LogP contribution in [-0.2, 0) is 6.54 Å². The molecule has 0 amide bonds. The van der Waals surface area contributed by atoms with E-state index in [0.717, 1.165) is 27.6 Å². The van der Waals surface area contributed by atoms with Crippen molar-refractivity contribution in [3.05, 3.63) is 35.1 Å². The van der Waals surface area contributed by atoms with Crippen molar-refractivity contribution in [2.75, 3.05) is 17.7 Å². The maximum atomic E-state index is 5.54. The average molecular weight is 274 g/mol. The number of furan rings is 1. The smallest absolute Gasteiger partial charge is 0.225 e. The summed E-state index contributed by atoms with van der Waals surface area (Å²) >= 11 is 1.60. The fourth-order valence-corrected chi connectivity index (χ4v) is 2.62. The van der Waals surface area contributed by atoms with Crippen molar-refractivity contribution in [2.24, 2.45) is 0 Å². The second-order valence-electron chi connectivity index (χ2n) is 4.15. The summed E-state index contributed by atoms with van der Waals surface area (Å²) in [7, 11) is 1.81. The molecule has 0 radical (unpaired) electrons. The van der Waals surface area contributed by atoms with Crippen molar-refractivity contribution in [1.29, 1.82) is 0 Å². The predicted octanol–water partition coefficient (Wildman–Crippen LogP) is 3.25. The zero-order chi connectivity index (χ0) is 13.2. The minimum Gasteiger partial charge on any atom is -0.465 e. The van der Waals surface area contributed by atoms with Crippen LogP contribution in [0.25, 0.3) is 10.2 Å². The zero-order valence-electron chi connectivity index (χ0n) is 10.7. The molecule has 0 saturated carbocycles. The van der Waals surface area contributed by atoms with Gasteiger partial charge in [0.2, 0.25) is 5.95 Å². The lowest BCUT2D eigenvalue weighted by Crippen LogP contribution is -2.04. The highest BCUT2D eigenvalue weighted by Gasteiger charge is 2.08. The molecule has 5 nitrogen and oxygen atoms in total. The van der Waals surface area contributed by atoms with E-state index >= 15 is 0 Å². The SMILES string of the molecule is CNc1nc(NCc2ccc(C)o2)c2ccsc2n1. The van der Waals surface area contributed by atoms with Crippen molar-refractivity contribution < 1.29 is 4.42 Å². The molecule has 0 fully saturated rings. The molecule has 0 saturated heterocycles. The number of rotatable bonds is 4. The standard InChI is InChI=1S/C13H14N4OS/c1-8-3-4-9(18-8)7-15-11-10-5-6-19-12(10)17-13(14-2)16-11/h3-6H,7H2,1-2H3,(H2,14,15,16,17). The third-order valence-corrected chi connectivity index (χ3v) is 3.58. The van der Waals surface area contributed by atoms with E-state index in [-0.39, 0.29) is 0 Å². The topological polar surface area (TPSA) is 63.0 Å². The monoisotopic (exact) mass is 274 g/mol. The van der Waals surface area contributed by atoms with E-state index in [1.54, 1.807) is 11.3 Å². The van der Waals surface area contributed by atoms with E-state index in [4.69, 9.17) is 4.42 Å². The molecule has 3 rings (SSSR count). The average Bonchev–Trinajstić information content (AvgIpc) is 3.04. The minimum atomic E-state index is 0.610. The zero-order valence-corrected chi connectivity index (χ0v) is 11.5. The molecule has 0 aliphatic rings. The number of nitrogens with one attached hydrogen (secondary N) is 2. The van der Waals surface area contributed by atoms with E-state index in [1.165, 1.54) is 0 Å². The van der Waals surface area contributed by atoms with E-state index in [0.29, 0.717) is 12.5 Å². The highest BCUT2D eigenvalue weighted by atomic mass is 32.1. The molecule has 3 heterocycles. The van der Waals surface area contributed by atoms with Gasteiger partial charge in [0.05, 0.1) is 11.9 Å². The number of aryl methyl sites for hydroxylation is 1. The lowest BCUT2D eigenvalue weighted by molar-refractivity contribution is 0.490. The van der Waals surface area contributed by atoms with Gasteiger partial charge in [0, 0.05) is 7.05 Å². The molecule has 0 atom stereocenters. The quantitative estimate of drug-likeness (QED) is 0.764. The molecular weight excluding hydrogens is 260 g/mol. The molecule has 0 spiro atoms. The maximum absolute atomic E-state index is 5.54. The summed E-state index contributed by atoms with van der Waals surface area (Å²) in [6.45, 7) is 2.54. The molecule has 0 unspecified atom stereocenters. The Labute approximate surface area is 114 Å². The molecular formula is C13H14N4OS. The first kappa shape index (κ1) is 12.0. The van der Waals surface area contributed by atoms with E-state index in [1.807, 2.05) is 37.6 Å². The Morgan fingerprint density at radius 1 is 1.26 bits per heavy atom. The fourth-order valence-electron chi connectivity index (χ4n) is 1.85. The summed E-state index contributed by atoms with van der Waals surface area (Å²) in [6, 6.07) is 5.94. The van der Waals surface area contributed by atoms with Gasteiger partial charge in [-0.15, -0.1) is 11.3 Å². The largest absolute Gasteiger partial charge is 0.465 e. The van der Waals surface area contributed by atoms with Crippen LogP contribution < -0.4 is 10.6 Å². The summed E-state index contributed by atoms with van der Waals surface area (Å²) in [4.78, 5) is 9.82. The normalized spacial score (nSPS) is 10.8.